The van der Waals surface area contributed by atoms with E-state index in [2.05, 4.69) is 14.7 Å². The molecular weight excluding hydrogens is 240 g/mol. The number of nitrogen functional groups attached to an aromatic ring is 1. The van der Waals surface area contributed by atoms with Crippen LogP contribution in [0.2, 0.25) is 0 Å². The van der Waals surface area contributed by atoms with Crippen molar-refractivity contribution in [1.29, 1.82) is 0 Å². The molecule has 0 fully saturated rings. The van der Waals surface area contributed by atoms with Crippen molar-refractivity contribution in [3.8, 4) is 0 Å². The van der Waals surface area contributed by atoms with Gasteiger partial charge in [-0.15, -0.1) is 0 Å². The number of nitrogens with two attached hydrogens (primary N) is 2. The molecule has 0 amide bonds. The van der Waals surface area contributed by atoms with Crippen LogP contribution in [-0.2, 0) is 4.74 Å². The zero-order chi connectivity index (χ0) is 13.7. The first-order valence-corrected chi connectivity index (χ1v) is 5.28. The summed E-state index contributed by atoms with van der Waals surface area (Å²) in [5.74, 6) is -0.867. The van der Waals surface area contributed by atoms with Crippen LogP contribution in [-0.4, -0.2) is 45.9 Å². The average molecular weight is 256 g/mol. The van der Waals surface area contributed by atoms with Gasteiger partial charge in [0.25, 0.3) is 0 Å². The second-order valence-electron chi connectivity index (χ2n) is 3.61. The van der Waals surface area contributed by atoms with Gasteiger partial charge in [0.05, 0.1) is 25.1 Å². The Morgan fingerprint density at radius 3 is 2.78 bits per heavy atom. The van der Waals surface area contributed by atoms with E-state index >= 15 is 0 Å². The van der Waals surface area contributed by atoms with Crippen LogP contribution < -0.4 is 11.5 Å². The summed E-state index contributed by atoms with van der Waals surface area (Å²) in [6.45, 7) is 0.213. The van der Waals surface area contributed by atoms with Crippen LogP contribution in [0, 0.1) is 0 Å². The van der Waals surface area contributed by atoms with E-state index in [1.54, 1.807) is 0 Å². The number of methoxy groups -OCH3 is 1. The monoisotopic (exact) mass is 256 g/mol. The van der Waals surface area contributed by atoms with Crippen molar-refractivity contribution < 1.29 is 19.7 Å². The lowest BCUT2D eigenvalue weighted by atomic mass is 10.1. The smallest absolute Gasteiger partial charge is 0.360 e. The fraction of sp³-hybridized carbons (Fsp3) is 0.500. The second-order valence-corrected chi connectivity index (χ2v) is 3.61. The van der Waals surface area contributed by atoms with Gasteiger partial charge in [-0.1, -0.05) is 0 Å². The van der Waals surface area contributed by atoms with Crippen LogP contribution in [0.25, 0.3) is 0 Å². The van der Waals surface area contributed by atoms with Gasteiger partial charge in [-0.2, -0.15) is 0 Å². The molecule has 8 nitrogen and oxygen atoms in total. The number of hydrogen-bond acceptors (Lipinski definition) is 8. The van der Waals surface area contributed by atoms with Crippen molar-refractivity contribution in [2.24, 2.45) is 5.73 Å². The van der Waals surface area contributed by atoms with Crippen molar-refractivity contribution >= 4 is 11.8 Å². The van der Waals surface area contributed by atoms with E-state index in [1.165, 1.54) is 13.3 Å². The summed E-state index contributed by atoms with van der Waals surface area (Å²) in [5.41, 5.74) is 10.6. The Morgan fingerprint density at radius 2 is 2.22 bits per heavy atom. The molecule has 0 aromatic carbocycles. The minimum Gasteiger partial charge on any atom is -0.464 e. The maximum absolute atomic E-state index is 11.3. The predicted octanol–water partition coefficient (Wildman–Crippen LogP) is -1.41. The lowest BCUT2D eigenvalue weighted by Gasteiger charge is -2.16. The molecule has 0 saturated heterocycles. The Hall–Kier alpha value is -1.77. The molecule has 2 unspecified atom stereocenters. The molecule has 6 N–H and O–H groups in total. The standard InChI is InChI=1S/C10H16N4O4/c1-18-10(17)7-9(12)13-4-5(14-7)8(16)6(15)2-3-11/h4,6,8,15-16H,2-3,11H2,1H3,(H2,12,13). The summed E-state index contributed by atoms with van der Waals surface area (Å²) in [7, 11) is 1.18. The highest BCUT2D eigenvalue weighted by molar-refractivity contribution is 5.91. The number of anilines is 1. The number of hydrogen-bond donors (Lipinski definition) is 4. The van der Waals surface area contributed by atoms with E-state index in [9.17, 15) is 15.0 Å². The summed E-state index contributed by atoms with van der Waals surface area (Å²) in [6.07, 6.45) is -0.990. The quantitative estimate of drug-likeness (QED) is 0.470. The molecule has 0 radical (unpaired) electrons. The number of aliphatic hydroxyl groups is 2. The first-order chi connectivity index (χ1) is 8.51. The summed E-state index contributed by atoms with van der Waals surface area (Å²) in [6, 6.07) is 0. The minimum absolute atomic E-state index is 0.0329. The zero-order valence-electron chi connectivity index (χ0n) is 9.91. The highest BCUT2D eigenvalue weighted by Crippen LogP contribution is 2.18. The molecule has 1 heterocycles. The first-order valence-electron chi connectivity index (χ1n) is 5.28. The molecule has 2 atom stereocenters. The number of carbonyl (C=O) groups is 1. The highest BCUT2D eigenvalue weighted by Gasteiger charge is 2.22. The summed E-state index contributed by atoms with van der Waals surface area (Å²) >= 11 is 0. The van der Waals surface area contributed by atoms with Crippen molar-refractivity contribution in [2.75, 3.05) is 19.4 Å². The van der Waals surface area contributed by atoms with Crippen LogP contribution in [0.15, 0.2) is 6.20 Å². The van der Waals surface area contributed by atoms with Crippen molar-refractivity contribution in [3.63, 3.8) is 0 Å². The molecule has 0 aliphatic carbocycles. The highest BCUT2D eigenvalue weighted by atomic mass is 16.5. The zero-order valence-corrected chi connectivity index (χ0v) is 9.91. The molecule has 0 spiro atoms. The second kappa shape index (κ2) is 6.24. The molecule has 0 aliphatic heterocycles. The van der Waals surface area contributed by atoms with Crippen LogP contribution in [0.5, 0.6) is 0 Å². The minimum atomic E-state index is -1.29. The molecule has 0 saturated carbocycles. The first kappa shape index (κ1) is 14.3. The molecular formula is C10H16N4O4. The number of rotatable bonds is 5. The Labute approximate surface area is 104 Å². The Bertz CT molecular complexity index is 426. The van der Waals surface area contributed by atoms with E-state index in [0.29, 0.717) is 0 Å². The van der Waals surface area contributed by atoms with Gasteiger partial charge in [-0.3, -0.25) is 0 Å². The molecule has 0 bridgehead atoms. The van der Waals surface area contributed by atoms with E-state index in [4.69, 9.17) is 11.5 Å². The molecule has 1 rings (SSSR count). The molecule has 0 aliphatic rings. The van der Waals surface area contributed by atoms with Crippen molar-refractivity contribution in [3.05, 3.63) is 17.6 Å². The van der Waals surface area contributed by atoms with Crippen LogP contribution >= 0.6 is 0 Å². The maximum Gasteiger partial charge on any atom is 0.360 e. The van der Waals surface area contributed by atoms with Crippen LogP contribution in [0.3, 0.4) is 0 Å². The Balaban J connectivity index is 3.00. The molecule has 100 valence electrons. The SMILES string of the molecule is COC(=O)c1nc(C(O)C(O)CCN)cnc1N. The third-order valence-electron chi connectivity index (χ3n) is 2.33. The van der Waals surface area contributed by atoms with Gasteiger partial charge < -0.3 is 26.4 Å². The lowest BCUT2D eigenvalue weighted by molar-refractivity contribution is 0.0120. The van der Waals surface area contributed by atoms with E-state index in [0.717, 1.165) is 0 Å². The van der Waals surface area contributed by atoms with E-state index in [1.807, 2.05) is 0 Å². The van der Waals surface area contributed by atoms with Gasteiger partial charge in [0, 0.05) is 0 Å². The third-order valence-corrected chi connectivity index (χ3v) is 2.33. The van der Waals surface area contributed by atoms with Crippen molar-refractivity contribution in [2.45, 2.75) is 18.6 Å². The number of aliphatic hydroxyl groups excluding tert-OH is 2. The topological polar surface area (TPSA) is 145 Å². The molecule has 18 heavy (non-hydrogen) atoms. The van der Waals surface area contributed by atoms with Crippen LogP contribution in [0.4, 0.5) is 5.82 Å². The lowest BCUT2D eigenvalue weighted by Crippen LogP contribution is -2.24. The summed E-state index contributed by atoms with van der Waals surface area (Å²) in [5, 5.41) is 19.4. The largest absolute Gasteiger partial charge is 0.464 e. The summed E-state index contributed by atoms with van der Waals surface area (Å²) in [4.78, 5) is 18.9. The predicted molar refractivity (Wildman–Crippen MR) is 62.4 cm³/mol. The average Bonchev–Trinajstić information content (AvgIpc) is 2.38. The van der Waals surface area contributed by atoms with E-state index in [-0.39, 0.29) is 30.2 Å². The number of aromatic nitrogens is 2. The number of carbonyl (C=O) groups excluding carboxylic acids is 1. The van der Waals surface area contributed by atoms with Gasteiger partial charge in [0.15, 0.2) is 11.5 Å². The summed E-state index contributed by atoms with van der Waals surface area (Å²) < 4.78 is 4.47. The number of esters is 1. The van der Waals surface area contributed by atoms with Crippen LogP contribution in [0.1, 0.15) is 28.7 Å². The fourth-order valence-electron chi connectivity index (χ4n) is 1.33. The molecule has 1 aromatic rings. The van der Waals surface area contributed by atoms with E-state index < -0.39 is 18.2 Å². The van der Waals surface area contributed by atoms with Gasteiger partial charge in [0.2, 0.25) is 0 Å². The van der Waals surface area contributed by atoms with Crippen molar-refractivity contribution in [1.82, 2.24) is 9.97 Å². The van der Waals surface area contributed by atoms with Gasteiger partial charge >= 0.3 is 5.97 Å². The Morgan fingerprint density at radius 1 is 1.56 bits per heavy atom. The maximum atomic E-state index is 11.3. The Kier molecular flexibility index (Phi) is 4.95. The van der Waals surface area contributed by atoms with Gasteiger partial charge in [-0.25, -0.2) is 14.8 Å². The fourth-order valence-corrected chi connectivity index (χ4v) is 1.33. The van der Waals surface area contributed by atoms with Gasteiger partial charge in [-0.05, 0) is 13.0 Å². The molecule has 1 aromatic heterocycles. The third kappa shape index (κ3) is 3.13. The molecule has 8 heteroatoms. The number of nitrogens with zero attached hydrogens (tertiary/aromatic N) is 2. The van der Waals surface area contributed by atoms with Gasteiger partial charge in [0.1, 0.15) is 6.10 Å². The normalized spacial score (nSPS) is 14.0. The number of ether oxygens (including phenoxy) is 1.